The van der Waals surface area contributed by atoms with E-state index in [1.165, 1.54) is 32.3 Å². The van der Waals surface area contributed by atoms with E-state index in [1.807, 2.05) is 19.1 Å². The summed E-state index contributed by atoms with van der Waals surface area (Å²) in [4.78, 5) is 14.9. The summed E-state index contributed by atoms with van der Waals surface area (Å²) in [5, 5.41) is 0. The summed E-state index contributed by atoms with van der Waals surface area (Å²) >= 11 is 0. The highest BCUT2D eigenvalue weighted by atomic mass is 32.2. The van der Waals surface area contributed by atoms with Gasteiger partial charge in [0.25, 0.3) is 10.2 Å². The van der Waals surface area contributed by atoms with Crippen LogP contribution in [0.1, 0.15) is 31.2 Å². The number of amides is 1. The Bertz CT molecular complexity index is 1120. The molecule has 1 N–H and O–H groups in total. The number of hydrogen-bond acceptors (Lipinski definition) is 3. The molecule has 2 aromatic carbocycles. The van der Waals surface area contributed by atoms with Crippen molar-refractivity contribution in [1.82, 2.24) is 13.9 Å². The number of halogens is 2. The van der Waals surface area contributed by atoms with Crippen LogP contribution in [-0.2, 0) is 15.0 Å². The topological polar surface area (TPSA) is 69.7 Å². The molecule has 0 aromatic heterocycles. The van der Waals surface area contributed by atoms with Gasteiger partial charge in [0.1, 0.15) is 11.6 Å². The van der Waals surface area contributed by atoms with Gasteiger partial charge in [-0.3, -0.25) is 4.79 Å². The minimum Gasteiger partial charge on any atom is -0.338 e. The molecule has 32 heavy (non-hydrogen) atoms. The van der Waals surface area contributed by atoms with Crippen LogP contribution in [0.15, 0.2) is 42.5 Å². The lowest BCUT2D eigenvalue weighted by molar-refractivity contribution is -0.133. The summed E-state index contributed by atoms with van der Waals surface area (Å²) in [7, 11) is -0.677. The van der Waals surface area contributed by atoms with Gasteiger partial charge in [-0.1, -0.05) is 30.3 Å². The van der Waals surface area contributed by atoms with Crippen LogP contribution in [-0.4, -0.2) is 56.3 Å². The van der Waals surface area contributed by atoms with Gasteiger partial charge in [0, 0.05) is 38.6 Å². The first kappa shape index (κ1) is 22.8. The number of nitrogens with one attached hydrogen (secondary N) is 1. The molecule has 9 heteroatoms. The zero-order valence-electron chi connectivity index (χ0n) is 18.3. The standard InChI is InChI=1S/C23H27F2N3O3S/c1-14-11-15(26-32(30,31)27(2)3)13-28(14)23(29)19-12-18(19)16-7-4-5-8-17(16)22-20(24)9-6-10-21(22)25/h4-10,14-15,18-19,26H,11-13H2,1-3H3/t14-,15-,18-,19+/m0/s1. The quantitative estimate of drug-likeness (QED) is 0.716. The second-order valence-electron chi connectivity index (χ2n) is 8.81. The molecule has 0 spiro atoms. The van der Waals surface area contributed by atoms with E-state index in [0.717, 1.165) is 9.87 Å². The second kappa shape index (κ2) is 8.53. The van der Waals surface area contributed by atoms with Crippen LogP contribution in [0.3, 0.4) is 0 Å². The maximum atomic E-state index is 14.4. The number of nitrogens with zero attached hydrogens (tertiary/aromatic N) is 2. The Balaban J connectivity index is 1.51. The second-order valence-corrected chi connectivity index (χ2v) is 10.7. The van der Waals surface area contributed by atoms with Crippen molar-refractivity contribution in [3.8, 4) is 11.1 Å². The van der Waals surface area contributed by atoms with E-state index in [4.69, 9.17) is 0 Å². The van der Waals surface area contributed by atoms with E-state index in [2.05, 4.69) is 4.72 Å². The first-order valence-electron chi connectivity index (χ1n) is 10.6. The predicted octanol–water partition coefficient (Wildman–Crippen LogP) is 3.12. The van der Waals surface area contributed by atoms with Crippen molar-refractivity contribution in [3.63, 3.8) is 0 Å². The Labute approximate surface area is 187 Å². The monoisotopic (exact) mass is 463 g/mol. The average molecular weight is 464 g/mol. The van der Waals surface area contributed by atoms with Crippen molar-refractivity contribution < 1.29 is 22.0 Å². The van der Waals surface area contributed by atoms with Crippen LogP contribution < -0.4 is 4.72 Å². The minimum atomic E-state index is -3.58. The fourth-order valence-electron chi connectivity index (χ4n) is 4.57. The zero-order valence-corrected chi connectivity index (χ0v) is 19.1. The van der Waals surface area contributed by atoms with Gasteiger partial charge >= 0.3 is 0 Å². The molecule has 1 amide bonds. The van der Waals surface area contributed by atoms with E-state index in [-0.39, 0.29) is 35.4 Å². The number of carbonyl (C=O) groups excluding carboxylic acids is 1. The van der Waals surface area contributed by atoms with Crippen molar-refractivity contribution in [2.45, 2.75) is 37.8 Å². The summed E-state index contributed by atoms with van der Waals surface area (Å²) < 4.78 is 56.8. The molecule has 2 fully saturated rings. The Morgan fingerprint density at radius 1 is 1.06 bits per heavy atom. The van der Waals surface area contributed by atoms with Crippen molar-refractivity contribution >= 4 is 16.1 Å². The fraction of sp³-hybridized carbons (Fsp3) is 0.435. The fourth-order valence-corrected chi connectivity index (χ4v) is 5.37. The Morgan fingerprint density at radius 2 is 1.72 bits per heavy atom. The van der Waals surface area contributed by atoms with Gasteiger partial charge in [0.05, 0.1) is 5.56 Å². The molecule has 2 aliphatic rings. The summed E-state index contributed by atoms with van der Waals surface area (Å²) in [6, 6.07) is 10.4. The van der Waals surface area contributed by atoms with E-state index < -0.39 is 21.8 Å². The summed E-state index contributed by atoms with van der Waals surface area (Å²) in [5.74, 6) is -1.71. The Kier molecular flexibility index (Phi) is 6.08. The smallest absolute Gasteiger partial charge is 0.279 e. The lowest BCUT2D eigenvalue weighted by Crippen LogP contribution is -2.44. The summed E-state index contributed by atoms with van der Waals surface area (Å²) in [6.45, 7) is 2.21. The lowest BCUT2D eigenvalue weighted by atomic mass is 9.95. The lowest BCUT2D eigenvalue weighted by Gasteiger charge is -2.22. The molecule has 0 radical (unpaired) electrons. The van der Waals surface area contributed by atoms with Crippen molar-refractivity contribution in [1.29, 1.82) is 0 Å². The molecule has 4 atom stereocenters. The number of carbonyl (C=O) groups is 1. The van der Waals surface area contributed by atoms with Crippen LogP contribution in [0.4, 0.5) is 8.78 Å². The van der Waals surface area contributed by atoms with E-state index in [0.29, 0.717) is 24.9 Å². The number of hydrogen-bond donors (Lipinski definition) is 1. The van der Waals surface area contributed by atoms with Crippen LogP contribution in [0, 0.1) is 17.6 Å². The van der Waals surface area contributed by atoms with Crippen molar-refractivity contribution in [2.75, 3.05) is 20.6 Å². The molecule has 0 unspecified atom stereocenters. The molecule has 1 heterocycles. The number of benzene rings is 2. The highest BCUT2D eigenvalue weighted by Gasteiger charge is 2.49. The zero-order chi connectivity index (χ0) is 23.2. The molecule has 6 nitrogen and oxygen atoms in total. The largest absolute Gasteiger partial charge is 0.338 e. The molecule has 1 aliphatic carbocycles. The van der Waals surface area contributed by atoms with E-state index >= 15 is 0 Å². The third kappa shape index (κ3) is 4.29. The molecular formula is C23H27F2N3O3S. The SMILES string of the molecule is C[C@H]1C[C@H](NS(=O)(=O)N(C)C)CN1C(=O)[C@@H]1C[C@H]1c1ccccc1-c1c(F)cccc1F. The molecule has 4 rings (SSSR count). The van der Waals surface area contributed by atoms with Crippen LogP contribution in [0.25, 0.3) is 11.1 Å². The highest BCUT2D eigenvalue weighted by Crippen LogP contribution is 2.52. The van der Waals surface area contributed by atoms with Crippen molar-refractivity contribution in [3.05, 3.63) is 59.7 Å². The third-order valence-corrected chi connectivity index (χ3v) is 7.95. The minimum absolute atomic E-state index is 0.0436. The van der Waals surface area contributed by atoms with Gasteiger partial charge < -0.3 is 4.90 Å². The summed E-state index contributed by atoms with van der Waals surface area (Å²) in [6.07, 6.45) is 1.14. The van der Waals surface area contributed by atoms with Gasteiger partial charge in [-0.15, -0.1) is 0 Å². The van der Waals surface area contributed by atoms with Crippen LogP contribution >= 0.6 is 0 Å². The van der Waals surface area contributed by atoms with Gasteiger partial charge in [0.15, 0.2) is 0 Å². The van der Waals surface area contributed by atoms with Crippen molar-refractivity contribution in [2.24, 2.45) is 5.92 Å². The number of likely N-dealkylation sites (tertiary alicyclic amines) is 1. The Morgan fingerprint density at radius 3 is 2.38 bits per heavy atom. The van der Waals surface area contributed by atoms with Gasteiger partial charge in [-0.2, -0.15) is 17.4 Å². The molecule has 1 saturated heterocycles. The maximum absolute atomic E-state index is 14.4. The third-order valence-electron chi connectivity index (χ3n) is 6.35. The first-order chi connectivity index (χ1) is 15.1. The molecular weight excluding hydrogens is 436 g/mol. The van der Waals surface area contributed by atoms with Gasteiger partial charge in [-0.25, -0.2) is 8.78 Å². The molecule has 1 saturated carbocycles. The van der Waals surface area contributed by atoms with E-state index in [1.54, 1.807) is 17.0 Å². The summed E-state index contributed by atoms with van der Waals surface area (Å²) in [5.41, 5.74) is 1.15. The van der Waals surface area contributed by atoms with Crippen LogP contribution in [0.5, 0.6) is 0 Å². The first-order valence-corrected chi connectivity index (χ1v) is 12.1. The molecule has 1 aliphatic heterocycles. The Hall–Kier alpha value is -2.36. The molecule has 0 bridgehead atoms. The average Bonchev–Trinajstić information content (AvgIpc) is 3.44. The predicted molar refractivity (Wildman–Crippen MR) is 118 cm³/mol. The number of rotatable bonds is 6. The molecule has 2 aromatic rings. The van der Waals surface area contributed by atoms with Gasteiger partial charge in [0.2, 0.25) is 5.91 Å². The normalized spacial score (nSPS) is 25.4. The van der Waals surface area contributed by atoms with Gasteiger partial charge in [-0.05, 0) is 48.9 Å². The highest BCUT2D eigenvalue weighted by molar-refractivity contribution is 7.87. The molecule has 172 valence electrons. The van der Waals surface area contributed by atoms with E-state index in [9.17, 15) is 22.0 Å². The maximum Gasteiger partial charge on any atom is 0.279 e. The van der Waals surface area contributed by atoms with Crippen LogP contribution in [0.2, 0.25) is 0 Å².